The fraction of sp³-hybridized carbons (Fsp3) is 0.100. The van der Waals surface area contributed by atoms with Crippen LogP contribution in [-0.4, -0.2) is 6.29 Å². The van der Waals surface area contributed by atoms with E-state index < -0.39 is 0 Å². The summed E-state index contributed by atoms with van der Waals surface area (Å²) in [5.41, 5.74) is 3.84. The summed E-state index contributed by atoms with van der Waals surface area (Å²) in [6.07, 6.45) is 3.89. The fourth-order valence-corrected chi connectivity index (χ4v) is 3.43. The minimum atomic E-state index is 0.352. The topological polar surface area (TPSA) is 44.8 Å². The molecule has 0 spiro atoms. The number of allylic oxidation sites excluding steroid dienone is 1. The fourth-order valence-electron chi connectivity index (χ4n) is 3.43. The molecule has 0 bridgehead atoms. The van der Waals surface area contributed by atoms with Crippen LogP contribution < -0.4 is 14.2 Å². The lowest BCUT2D eigenvalue weighted by molar-refractivity contribution is -0.104. The molecule has 0 N–H and O–H groups in total. The van der Waals surface area contributed by atoms with E-state index in [9.17, 15) is 4.79 Å². The second-order valence-corrected chi connectivity index (χ2v) is 7.63. The van der Waals surface area contributed by atoms with Gasteiger partial charge in [0.05, 0.1) is 0 Å². The van der Waals surface area contributed by atoms with Gasteiger partial charge in [-0.2, -0.15) is 0 Å². The van der Waals surface area contributed by atoms with Crippen LogP contribution in [0.25, 0.3) is 6.08 Å². The van der Waals surface area contributed by atoms with Gasteiger partial charge in [0, 0.05) is 5.56 Å². The van der Waals surface area contributed by atoms with Gasteiger partial charge in [0.2, 0.25) is 5.75 Å². The lowest BCUT2D eigenvalue weighted by Gasteiger charge is -2.19. The van der Waals surface area contributed by atoms with Gasteiger partial charge in [-0.1, -0.05) is 91.0 Å². The molecule has 0 fully saturated rings. The van der Waals surface area contributed by atoms with Crippen molar-refractivity contribution in [3.63, 3.8) is 0 Å². The summed E-state index contributed by atoms with van der Waals surface area (Å²) in [4.78, 5) is 11.0. The molecule has 0 aliphatic heterocycles. The monoisotopic (exact) mass is 450 g/mol. The van der Waals surface area contributed by atoms with E-state index in [-0.39, 0.29) is 0 Å². The van der Waals surface area contributed by atoms with Crippen LogP contribution in [0.5, 0.6) is 17.2 Å². The van der Waals surface area contributed by atoms with Gasteiger partial charge >= 0.3 is 0 Å². The second kappa shape index (κ2) is 12.1. The van der Waals surface area contributed by atoms with Crippen LogP contribution in [0.1, 0.15) is 22.3 Å². The number of hydrogen-bond acceptors (Lipinski definition) is 4. The van der Waals surface area contributed by atoms with E-state index in [4.69, 9.17) is 14.2 Å². The molecule has 0 amide bonds. The summed E-state index contributed by atoms with van der Waals surface area (Å²) >= 11 is 0. The average Bonchev–Trinajstić information content (AvgIpc) is 2.90. The number of ether oxygens (including phenoxy) is 3. The van der Waals surface area contributed by atoms with Gasteiger partial charge in [0.15, 0.2) is 11.5 Å². The predicted octanol–water partition coefficient (Wildman–Crippen LogP) is 6.64. The van der Waals surface area contributed by atoms with Crippen molar-refractivity contribution in [1.29, 1.82) is 0 Å². The molecule has 4 aromatic carbocycles. The summed E-state index contributed by atoms with van der Waals surface area (Å²) in [7, 11) is 0. The number of carbonyl (C=O) groups excluding carboxylic acids is 1. The highest BCUT2D eigenvalue weighted by Crippen LogP contribution is 2.42. The lowest BCUT2D eigenvalue weighted by Crippen LogP contribution is -2.05. The maximum Gasteiger partial charge on any atom is 0.204 e. The molecule has 0 radical (unpaired) electrons. The van der Waals surface area contributed by atoms with E-state index in [0.29, 0.717) is 37.1 Å². The highest BCUT2D eigenvalue weighted by Gasteiger charge is 2.18. The van der Waals surface area contributed by atoms with Gasteiger partial charge in [-0.05, 0) is 41.0 Å². The zero-order valence-electron chi connectivity index (χ0n) is 18.8. The Morgan fingerprint density at radius 3 is 1.50 bits per heavy atom. The Morgan fingerprint density at radius 1 is 0.529 bits per heavy atom. The summed E-state index contributed by atoms with van der Waals surface area (Å²) in [5, 5.41) is 0. The molecule has 0 saturated heterocycles. The van der Waals surface area contributed by atoms with Crippen molar-refractivity contribution in [2.75, 3.05) is 0 Å². The van der Waals surface area contributed by atoms with Crippen molar-refractivity contribution >= 4 is 12.4 Å². The largest absolute Gasteiger partial charge is 0.485 e. The van der Waals surface area contributed by atoms with E-state index in [0.717, 1.165) is 28.5 Å². The van der Waals surface area contributed by atoms with Crippen LogP contribution in [0.3, 0.4) is 0 Å². The Hall–Kier alpha value is -4.31. The average molecular weight is 451 g/mol. The molecule has 0 aliphatic rings. The van der Waals surface area contributed by atoms with Crippen LogP contribution in [0.15, 0.2) is 109 Å². The number of carbonyl (C=O) groups is 1. The minimum Gasteiger partial charge on any atom is -0.485 e. The Kier molecular flexibility index (Phi) is 8.12. The third-order valence-electron chi connectivity index (χ3n) is 5.15. The van der Waals surface area contributed by atoms with Crippen LogP contribution in [0.4, 0.5) is 0 Å². The van der Waals surface area contributed by atoms with Crippen molar-refractivity contribution in [3.8, 4) is 17.2 Å². The van der Waals surface area contributed by atoms with E-state index in [2.05, 4.69) is 0 Å². The SMILES string of the molecule is O=CC=Cc1ccc(OCc2ccccc2)c(OCc2ccccc2)c1OCc1ccccc1. The molecule has 0 aromatic heterocycles. The molecule has 4 rings (SSSR count). The molecule has 0 heterocycles. The van der Waals surface area contributed by atoms with Gasteiger partial charge in [-0.25, -0.2) is 0 Å². The first-order chi connectivity index (χ1) is 16.8. The molecule has 0 aliphatic carbocycles. The minimum absolute atomic E-state index is 0.352. The Morgan fingerprint density at radius 2 is 1.00 bits per heavy atom. The summed E-state index contributed by atoms with van der Waals surface area (Å²) in [6.45, 7) is 1.10. The highest BCUT2D eigenvalue weighted by atomic mass is 16.5. The molecule has 0 saturated carbocycles. The molecule has 170 valence electrons. The van der Waals surface area contributed by atoms with Crippen molar-refractivity contribution in [1.82, 2.24) is 0 Å². The maximum atomic E-state index is 11.0. The standard InChI is InChI=1S/C30H26O4/c31-20-10-17-27-18-19-28(32-21-24-11-4-1-5-12-24)30(34-23-26-15-8-3-9-16-26)29(27)33-22-25-13-6-2-7-14-25/h1-20H,21-23H2. The first-order valence-electron chi connectivity index (χ1n) is 11.1. The Balaban J connectivity index is 1.67. The van der Waals surface area contributed by atoms with Crippen molar-refractivity contribution in [2.45, 2.75) is 19.8 Å². The van der Waals surface area contributed by atoms with Crippen molar-refractivity contribution in [2.24, 2.45) is 0 Å². The van der Waals surface area contributed by atoms with Crippen LogP contribution >= 0.6 is 0 Å². The molecule has 4 heteroatoms. The van der Waals surface area contributed by atoms with Gasteiger partial charge in [-0.15, -0.1) is 0 Å². The highest BCUT2D eigenvalue weighted by molar-refractivity contribution is 5.77. The van der Waals surface area contributed by atoms with Crippen LogP contribution in [0.2, 0.25) is 0 Å². The summed E-state index contributed by atoms with van der Waals surface area (Å²) in [6, 6.07) is 33.5. The lowest BCUT2D eigenvalue weighted by atomic mass is 10.1. The molecular formula is C30H26O4. The smallest absolute Gasteiger partial charge is 0.204 e. The normalized spacial score (nSPS) is 10.7. The Bertz CT molecular complexity index is 1200. The van der Waals surface area contributed by atoms with E-state index in [1.54, 1.807) is 6.08 Å². The third kappa shape index (κ3) is 6.36. The zero-order valence-corrected chi connectivity index (χ0v) is 18.8. The maximum absolute atomic E-state index is 11.0. The number of hydrogen-bond donors (Lipinski definition) is 0. The zero-order chi connectivity index (χ0) is 23.4. The van der Waals surface area contributed by atoms with E-state index in [1.165, 1.54) is 6.08 Å². The van der Waals surface area contributed by atoms with Crippen LogP contribution in [0, 0.1) is 0 Å². The van der Waals surface area contributed by atoms with Gasteiger partial charge < -0.3 is 14.2 Å². The van der Waals surface area contributed by atoms with E-state index in [1.807, 2.05) is 103 Å². The summed E-state index contributed by atoms with van der Waals surface area (Å²) in [5.74, 6) is 1.61. The quantitative estimate of drug-likeness (QED) is 0.190. The van der Waals surface area contributed by atoms with Crippen molar-refractivity contribution in [3.05, 3.63) is 131 Å². The number of benzene rings is 4. The molecule has 34 heavy (non-hydrogen) atoms. The molecular weight excluding hydrogens is 424 g/mol. The van der Waals surface area contributed by atoms with Crippen molar-refractivity contribution < 1.29 is 19.0 Å². The van der Waals surface area contributed by atoms with E-state index >= 15 is 0 Å². The van der Waals surface area contributed by atoms with Gasteiger partial charge in [-0.3, -0.25) is 4.79 Å². The van der Waals surface area contributed by atoms with Gasteiger partial charge in [0.1, 0.15) is 26.1 Å². The molecule has 4 nitrogen and oxygen atoms in total. The number of aldehydes is 1. The predicted molar refractivity (Wildman–Crippen MR) is 134 cm³/mol. The summed E-state index contributed by atoms with van der Waals surface area (Å²) < 4.78 is 18.7. The van der Waals surface area contributed by atoms with Gasteiger partial charge in [0.25, 0.3) is 0 Å². The Labute approximate surface area is 200 Å². The third-order valence-corrected chi connectivity index (χ3v) is 5.15. The molecule has 0 atom stereocenters. The molecule has 4 aromatic rings. The second-order valence-electron chi connectivity index (χ2n) is 7.63. The van der Waals surface area contributed by atoms with Crippen LogP contribution in [-0.2, 0) is 24.6 Å². The first-order valence-corrected chi connectivity index (χ1v) is 11.1. The first kappa shape index (κ1) is 22.9. The molecule has 0 unspecified atom stereocenters. The number of rotatable bonds is 11.